The molecule has 17 heavy (non-hydrogen) atoms. The van der Waals surface area contributed by atoms with Gasteiger partial charge in [0.05, 0.1) is 12.7 Å². The van der Waals surface area contributed by atoms with Gasteiger partial charge in [0.25, 0.3) is 0 Å². The van der Waals surface area contributed by atoms with Crippen LogP contribution < -0.4 is 0 Å². The molecule has 1 aliphatic heterocycles. The summed E-state index contributed by atoms with van der Waals surface area (Å²) in [6.45, 7) is -0.413. The smallest absolute Gasteiger partial charge is 0.124 e. The summed E-state index contributed by atoms with van der Waals surface area (Å²) >= 11 is 3.04. The Morgan fingerprint density at radius 1 is 1.24 bits per heavy atom. The second-order valence-electron chi connectivity index (χ2n) is 2.88. The summed E-state index contributed by atoms with van der Waals surface area (Å²) in [5.74, 6) is 0. The third-order valence-corrected chi connectivity index (χ3v) is 2.78. The van der Waals surface area contributed by atoms with Crippen LogP contribution >= 0.6 is 15.9 Å². The number of hydrogen-bond acceptors (Lipinski definition) is 5. The fourth-order valence-corrected chi connectivity index (χ4v) is 1.93. The summed E-state index contributed by atoms with van der Waals surface area (Å²) in [7, 11) is 0. The number of rotatable bonds is 2. The van der Waals surface area contributed by atoms with Crippen LogP contribution in [0, 0.1) is 132 Å². The standard InChI is InChI=1S/C6H10BrN3O4.3Ac/c7-6-3(9-10-8)5(13)4(12)2(1-11)14-6;;;/h2-6,11-13H,1H2;;;/t2-,3?,4?,5?,6?;;;/m1.../s1. The summed E-state index contributed by atoms with van der Waals surface area (Å²) in [4.78, 5) is 2.53. The van der Waals surface area contributed by atoms with Crippen molar-refractivity contribution in [3.63, 3.8) is 0 Å². The van der Waals surface area contributed by atoms with Crippen molar-refractivity contribution in [2.75, 3.05) is 6.61 Å². The van der Waals surface area contributed by atoms with Gasteiger partial charge in [-0.15, -0.1) is 0 Å². The van der Waals surface area contributed by atoms with Gasteiger partial charge in [0.15, 0.2) is 0 Å². The quantitative estimate of drug-likeness (QED) is 0.150. The van der Waals surface area contributed by atoms with Crippen molar-refractivity contribution >= 4 is 15.9 Å². The van der Waals surface area contributed by atoms with Crippen LogP contribution in [-0.2, 0) is 4.74 Å². The van der Waals surface area contributed by atoms with Crippen LogP contribution in [0.25, 0.3) is 10.4 Å². The number of aliphatic hydroxyl groups is 3. The second kappa shape index (κ2) is 13.6. The predicted octanol–water partition coefficient (Wildman–Crippen LogP) is -0.501. The summed E-state index contributed by atoms with van der Waals surface area (Å²) in [6.07, 6.45) is -3.38. The monoisotopic (exact) mass is 948 g/mol. The number of azide groups is 1. The van der Waals surface area contributed by atoms with Crippen LogP contribution in [0.15, 0.2) is 5.11 Å². The number of alkyl halides is 1. The zero-order valence-corrected chi connectivity index (χ0v) is 24.6. The van der Waals surface area contributed by atoms with Gasteiger partial charge in [-0.3, -0.25) is 0 Å². The first-order chi connectivity index (χ1) is 6.61. The molecular formula is C6H10Ac3BrN3O4. The van der Waals surface area contributed by atoms with E-state index in [9.17, 15) is 10.2 Å². The second-order valence-corrected chi connectivity index (χ2v) is 3.79. The Labute approximate surface area is 214 Å². The van der Waals surface area contributed by atoms with Crippen LogP contribution in [0.1, 0.15) is 0 Å². The van der Waals surface area contributed by atoms with E-state index in [4.69, 9.17) is 15.4 Å². The first-order valence-electron chi connectivity index (χ1n) is 3.92. The normalized spacial score (nSPS) is 35.4. The van der Waals surface area contributed by atoms with Gasteiger partial charge in [0.2, 0.25) is 0 Å². The van der Waals surface area contributed by atoms with Gasteiger partial charge in [-0.25, -0.2) is 0 Å². The Kier molecular flexibility index (Phi) is 20.7. The molecule has 3 N–H and O–H groups in total. The summed E-state index contributed by atoms with van der Waals surface area (Å²) in [6, 6.07) is -0.905. The molecule has 11 heteroatoms. The van der Waals surface area contributed by atoms with E-state index >= 15 is 0 Å². The molecule has 3 radical (unpaired) electrons. The Balaban J connectivity index is -0.000000653. The van der Waals surface area contributed by atoms with E-state index in [0.717, 1.165) is 0 Å². The third kappa shape index (κ3) is 7.67. The van der Waals surface area contributed by atoms with Gasteiger partial charge in [-0.05, 0) is 5.53 Å². The van der Waals surface area contributed by atoms with Crippen molar-refractivity contribution < 1.29 is 152 Å². The largest absolute Gasteiger partial charge is 0.394 e. The van der Waals surface area contributed by atoms with Crippen molar-refractivity contribution in [3.8, 4) is 0 Å². The van der Waals surface area contributed by atoms with Gasteiger partial charge in [0, 0.05) is 137 Å². The minimum atomic E-state index is -1.26. The summed E-state index contributed by atoms with van der Waals surface area (Å²) < 4.78 is 5.08. The molecule has 0 spiro atoms. The minimum Gasteiger partial charge on any atom is -0.394 e. The van der Waals surface area contributed by atoms with Crippen molar-refractivity contribution in [2.45, 2.75) is 29.4 Å². The molecule has 89 valence electrons. The molecule has 0 saturated carbocycles. The molecule has 0 aromatic heterocycles. The van der Waals surface area contributed by atoms with Crippen LogP contribution in [0.3, 0.4) is 0 Å². The molecule has 1 saturated heterocycles. The van der Waals surface area contributed by atoms with E-state index in [1.54, 1.807) is 0 Å². The van der Waals surface area contributed by atoms with Gasteiger partial charge in [0.1, 0.15) is 23.3 Å². The van der Waals surface area contributed by atoms with Crippen LogP contribution in [-0.4, -0.2) is 51.3 Å². The zero-order chi connectivity index (χ0) is 10.7. The number of halogens is 1. The predicted molar refractivity (Wildman–Crippen MR) is 49.6 cm³/mol. The molecule has 0 aliphatic carbocycles. The molecule has 0 amide bonds. The first kappa shape index (κ1) is 25.9. The molecule has 1 aliphatic rings. The van der Waals surface area contributed by atoms with E-state index in [0.29, 0.717) is 0 Å². The number of hydrogen-bond donors (Lipinski definition) is 3. The molecule has 4 unspecified atom stereocenters. The summed E-state index contributed by atoms with van der Waals surface area (Å²) in [5, 5.41) is 30.3. The fraction of sp³-hybridized carbons (Fsp3) is 1.00. The molecule has 1 heterocycles. The Hall–Kier alpha value is 3.95. The molecule has 0 aromatic carbocycles. The van der Waals surface area contributed by atoms with Gasteiger partial charge < -0.3 is 20.1 Å². The van der Waals surface area contributed by atoms with E-state index in [1.807, 2.05) is 0 Å². The van der Waals surface area contributed by atoms with Gasteiger partial charge in [-0.1, -0.05) is 21.0 Å². The van der Waals surface area contributed by atoms with E-state index in [-0.39, 0.29) is 132 Å². The molecule has 7 nitrogen and oxygen atoms in total. The maximum Gasteiger partial charge on any atom is 0.124 e. The topological polar surface area (TPSA) is 119 Å². The van der Waals surface area contributed by atoms with Crippen molar-refractivity contribution in [1.29, 1.82) is 0 Å². The van der Waals surface area contributed by atoms with Crippen molar-refractivity contribution in [3.05, 3.63) is 10.4 Å². The van der Waals surface area contributed by atoms with E-state index in [1.165, 1.54) is 0 Å². The Morgan fingerprint density at radius 2 is 1.76 bits per heavy atom. The van der Waals surface area contributed by atoms with Crippen LogP contribution in [0.5, 0.6) is 0 Å². The van der Waals surface area contributed by atoms with E-state index in [2.05, 4.69) is 26.0 Å². The average Bonchev–Trinajstić information content (AvgIpc) is 2.18. The number of ether oxygens (including phenoxy) is 1. The van der Waals surface area contributed by atoms with Crippen molar-refractivity contribution in [1.82, 2.24) is 0 Å². The molecule has 0 aromatic rings. The molecular weight excluding hydrogens is 939 g/mol. The Bertz CT molecular complexity index is 259. The number of aliphatic hydroxyl groups excluding tert-OH is 3. The first-order valence-corrected chi connectivity index (χ1v) is 4.84. The van der Waals surface area contributed by atoms with Gasteiger partial charge >= 0.3 is 0 Å². The molecule has 1 rings (SSSR count). The SMILES string of the molecule is [Ac].[Ac].[Ac].[N-]=[N+]=NC1C(Br)O[C@H](CO)C(O)C1O. The molecule has 1 fully saturated rings. The zero-order valence-electron chi connectivity index (χ0n) is 8.80. The van der Waals surface area contributed by atoms with Crippen LogP contribution in [0.4, 0.5) is 0 Å². The number of nitrogens with zero attached hydrogens (tertiary/aromatic N) is 3. The maximum atomic E-state index is 9.50. The van der Waals surface area contributed by atoms with E-state index < -0.39 is 36.0 Å². The average molecular weight is 949 g/mol. The van der Waals surface area contributed by atoms with Gasteiger partial charge in [-0.2, -0.15) is 0 Å². The van der Waals surface area contributed by atoms with Crippen molar-refractivity contribution in [2.24, 2.45) is 5.11 Å². The molecule has 0 bridgehead atoms. The Morgan fingerprint density at radius 3 is 2.18 bits per heavy atom. The fourth-order valence-electron chi connectivity index (χ4n) is 1.24. The molecule has 5 atom stereocenters. The summed E-state index contributed by atoms with van der Waals surface area (Å²) in [5.41, 5.74) is 8.20. The third-order valence-electron chi connectivity index (χ3n) is 2.02. The maximum absolute atomic E-state index is 9.50. The minimum absolute atomic E-state index is 0. The van der Waals surface area contributed by atoms with Crippen LogP contribution in [0.2, 0.25) is 0 Å².